The summed E-state index contributed by atoms with van der Waals surface area (Å²) >= 11 is -0.847. The Morgan fingerprint density at radius 1 is 0.364 bits per heavy atom. The van der Waals surface area contributed by atoms with Gasteiger partial charge in [-0.25, -0.2) is 0 Å². The van der Waals surface area contributed by atoms with E-state index in [-0.39, 0.29) is 0 Å². The fourth-order valence-electron chi connectivity index (χ4n) is 3.15. The molecule has 0 heterocycles. The number of hydrogen-bond acceptors (Lipinski definition) is 0. The Morgan fingerprint density at radius 2 is 0.636 bits per heavy atom. The van der Waals surface area contributed by atoms with Gasteiger partial charge in [-0.2, -0.15) is 0 Å². The van der Waals surface area contributed by atoms with Crippen LogP contribution in [0.2, 0.25) is 13.1 Å². The average molecular weight is 419 g/mol. The van der Waals surface area contributed by atoms with Gasteiger partial charge in [-0.15, -0.1) is 0 Å². The first kappa shape index (κ1) is 22.8. The van der Waals surface area contributed by atoms with E-state index in [9.17, 15) is 0 Å². The van der Waals surface area contributed by atoms with Crippen LogP contribution in [0, 0.1) is 0 Å². The second-order valence-electron chi connectivity index (χ2n) is 7.08. The van der Waals surface area contributed by atoms with Crippen LogP contribution in [-0.4, -0.2) is 20.2 Å². The molecule has 0 radical (unpaired) electrons. The minimum absolute atomic E-state index is 0.847. The third-order valence-electron chi connectivity index (χ3n) is 4.73. The number of unbranched alkanes of at least 4 members (excludes halogenated alkanes) is 12. The van der Waals surface area contributed by atoms with Crippen LogP contribution in [0.15, 0.2) is 0 Å². The third kappa shape index (κ3) is 17.2. The van der Waals surface area contributed by atoms with Crippen LogP contribution in [0.4, 0.5) is 0 Å². The van der Waals surface area contributed by atoms with Gasteiger partial charge in [0, 0.05) is 0 Å². The van der Waals surface area contributed by atoms with Gasteiger partial charge < -0.3 is 0 Å². The van der Waals surface area contributed by atoms with E-state index < -0.39 is 20.2 Å². The first-order valence-corrected chi connectivity index (χ1v) is 16.0. The summed E-state index contributed by atoms with van der Waals surface area (Å²) in [6, 6.07) is 0. The summed E-state index contributed by atoms with van der Waals surface area (Å²) < 4.78 is 5.11. The summed E-state index contributed by atoms with van der Waals surface area (Å²) in [4.78, 5) is 0. The maximum atomic E-state index is 2.33. The van der Waals surface area contributed by atoms with Gasteiger partial charge in [-0.3, -0.25) is 0 Å². The topological polar surface area (TPSA) is 0 Å². The van der Waals surface area contributed by atoms with Gasteiger partial charge in [0.05, 0.1) is 0 Å². The van der Waals surface area contributed by atoms with Crippen LogP contribution in [0.5, 0.6) is 0 Å². The van der Waals surface area contributed by atoms with Crippen LogP contribution in [0.1, 0.15) is 117 Å². The molecule has 0 rings (SSSR count). The van der Waals surface area contributed by atoms with Crippen LogP contribution in [-0.2, 0) is 0 Å². The molecule has 0 aliphatic rings. The molecule has 0 bridgehead atoms. The normalized spacial score (nSPS) is 11.5. The van der Waals surface area contributed by atoms with Gasteiger partial charge >= 0.3 is 150 Å². The summed E-state index contributed by atoms with van der Waals surface area (Å²) in [7, 11) is 0. The molecule has 0 N–H and O–H groups in total. The van der Waals surface area contributed by atoms with Gasteiger partial charge in [0.25, 0.3) is 0 Å². The molecule has 134 valence electrons. The van der Waals surface area contributed by atoms with E-state index >= 15 is 0 Å². The fraction of sp³-hybridized carbons (Fsp3) is 1.00. The van der Waals surface area contributed by atoms with E-state index in [1.165, 1.54) is 77.0 Å². The molecule has 0 unspecified atom stereocenters. The third-order valence-corrected chi connectivity index (χ3v) is 12.9. The summed E-state index contributed by atoms with van der Waals surface area (Å²) in [6.07, 6.45) is 22.4. The molecule has 0 aromatic rings. The van der Waals surface area contributed by atoms with E-state index in [0.717, 1.165) is 0 Å². The van der Waals surface area contributed by atoms with E-state index in [4.69, 9.17) is 0 Å². The van der Waals surface area contributed by atoms with Crippen LogP contribution < -0.4 is 0 Å². The van der Waals surface area contributed by atoms with Gasteiger partial charge in [0.2, 0.25) is 0 Å². The molecule has 0 saturated carbocycles. The maximum absolute atomic E-state index is 2.33. The summed E-state index contributed by atoms with van der Waals surface area (Å²) in [6.45, 7) is 6.98. The zero-order valence-corrected chi connectivity index (χ0v) is 18.7. The Bertz CT molecular complexity index is 157. The van der Waals surface area contributed by atoms with Crippen molar-refractivity contribution in [1.82, 2.24) is 0 Å². The minimum atomic E-state index is -0.847. The first-order chi connectivity index (χ1) is 10.8. The second kappa shape index (κ2) is 19.9. The number of hydrogen-bond donors (Lipinski definition) is 0. The molecule has 0 spiro atoms. The summed E-state index contributed by atoms with van der Waals surface area (Å²) in [5, 5.41) is 0. The Balaban J connectivity index is 3.72. The molecule has 0 aliphatic carbocycles. The zero-order chi connectivity index (χ0) is 16.3. The monoisotopic (exact) mass is 418 g/mol. The molecule has 22 heavy (non-hydrogen) atoms. The SMILES string of the molecule is CCCCCC[CH2][Sb]([CH2]CCCCCC)[CH2]CCCCCC. The average Bonchev–Trinajstić information content (AvgIpc) is 2.53. The fourth-order valence-corrected chi connectivity index (χ4v) is 10.8. The molecule has 0 aliphatic heterocycles. The second-order valence-corrected chi connectivity index (χ2v) is 14.7. The standard InChI is InChI=1S/3C7H15.Sb/c3*1-3-5-7-6-4-2;/h3*1,3-7H2,2H3;. The van der Waals surface area contributed by atoms with Gasteiger partial charge in [0.1, 0.15) is 0 Å². The van der Waals surface area contributed by atoms with Crippen molar-refractivity contribution in [1.29, 1.82) is 0 Å². The molecule has 0 saturated heterocycles. The van der Waals surface area contributed by atoms with Crippen LogP contribution in [0.3, 0.4) is 0 Å². The Morgan fingerprint density at radius 3 is 0.909 bits per heavy atom. The quantitative estimate of drug-likeness (QED) is 0.155. The molecular formula is C21H45Sb. The van der Waals surface area contributed by atoms with E-state index in [1.807, 2.05) is 0 Å². The van der Waals surface area contributed by atoms with Crippen molar-refractivity contribution in [3.05, 3.63) is 0 Å². The Kier molecular flexibility index (Phi) is 20.6. The molecule has 0 fully saturated rings. The zero-order valence-electron chi connectivity index (χ0n) is 16.2. The molecule has 1 heteroatoms. The summed E-state index contributed by atoms with van der Waals surface area (Å²) in [5.74, 6) is 0. The van der Waals surface area contributed by atoms with Crippen LogP contribution >= 0.6 is 0 Å². The van der Waals surface area contributed by atoms with E-state index in [2.05, 4.69) is 20.8 Å². The Hall–Kier alpha value is 0.818. The molecule has 0 atom stereocenters. The van der Waals surface area contributed by atoms with Crippen molar-refractivity contribution in [3.63, 3.8) is 0 Å². The molecular weight excluding hydrogens is 374 g/mol. The summed E-state index contributed by atoms with van der Waals surface area (Å²) in [5.41, 5.74) is 0. The van der Waals surface area contributed by atoms with Gasteiger partial charge in [-0.1, -0.05) is 0 Å². The van der Waals surface area contributed by atoms with Gasteiger partial charge in [0.15, 0.2) is 0 Å². The molecule has 0 aromatic heterocycles. The first-order valence-electron chi connectivity index (χ1n) is 10.6. The predicted molar refractivity (Wildman–Crippen MR) is 106 cm³/mol. The van der Waals surface area contributed by atoms with Crippen molar-refractivity contribution < 1.29 is 0 Å². The molecule has 0 amide bonds. The van der Waals surface area contributed by atoms with Crippen molar-refractivity contribution in [2.45, 2.75) is 130 Å². The van der Waals surface area contributed by atoms with Crippen LogP contribution in [0.25, 0.3) is 0 Å². The van der Waals surface area contributed by atoms with E-state index in [0.29, 0.717) is 0 Å². The van der Waals surface area contributed by atoms with Crippen molar-refractivity contribution in [3.8, 4) is 0 Å². The van der Waals surface area contributed by atoms with Gasteiger partial charge in [-0.05, 0) is 0 Å². The van der Waals surface area contributed by atoms with Crippen molar-refractivity contribution >= 4 is 20.2 Å². The van der Waals surface area contributed by atoms with E-state index in [1.54, 1.807) is 32.4 Å². The van der Waals surface area contributed by atoms with Crippen molar-refractivity contribution in [2.75, 3.05) is 0 Å². The molecule has 0 nitrogen and oxygen atoms in total. The Labute approximate surface area is 150 Å². The number of rotatable bonds is 18. The predicted octanol–water partition coefficient (Wildman–Crippen LogP) is 8.39. The molecule has 0 aromatic carbocycles. The van der Waals surface area contributed by atoms with Crippen molar-refractivity contribution in [2.24, 2.45) is 0 Å².